The highest BCUT2D eigenvalue weighted by Gasteiger charge is 2.58. The van der Waals surface area contributed by atoms with E-state index in [1.165, 1.54) is 4.90 Å². The number of fused-ring (bicyclic) bond motifs is 5. The van der Waals surface area contributed by atoms with Crippen LogP contribution in [0.3, 0.4) is 0 Å². The molecule has 25 heavy (non-hydrogen) atoms. The molecule has 3 aliphatic rings. The van der Waals surface area contributed by atoms with Gasteiger partial charge >= 0.3 is 0 Å². The first-order valence-electron chi connectivity index (χ1n) is 8.80. The van der Waals surface area contributed by atoms with Gasteiger partial charge in [0.1, 0.15) is 5.82 Å². The van der Waals surface area contributed by atoms with Gasteiger partial charge in [0.05, 0.1) is 30.3 Å². The van der Waals surface area contributed by atoms with Crippen molar-refractivity contribution in [1.82, 2.24) is 14.9 Å². The summed E-state index contributed by atoms with van der Waals surface area (Å²) in [4.78, 5) is 35.0. The number of nitrogens with zero attached hydrogens (tertiary/aromatic N) is 3. The van der Waals surface area contributed by atoms with Gasteiger partial charge in [-0.3, -0.25) is 19.5 Å². The van der Waals surface area contributed by atoms with Crippen LogP contribution in [0, 0.1) is 23.7 Å². The molecule has 2 heterocycles. The summed E-state index contributed by atoms with van der Waals surface area (Å²) in [6.07, 6.45) is 8.34. The Labute approximate surface area is 146 Å². The fourth-order valence-corrected chi connectivity index (χ4v) is 4.21. The van der Waals surface area contributed by atoms with Crippen LogP contribution in [0.2, 0.25) is 0 Å². The Morgan fingerprint density at radius 1 is 1.20 bits per heavy atom. The van der Waals surface area contributed by atoms with Gasteiger partial charge in [0.25, 0.3) is 0 Å². The number of ether oxygens (including phenoxy) is 1. The second-order valence-corrected chi connectivity index (χ2v) is 7.16. The minimum Gasteiger partial charge on any atom is -0.474 e. The number of rotatable bonds is 6. The number of aromatic nitrogens is 2. The largest absolute Gasteiger partial charge is 0.474 e. The first-order valence-corrected chi connectivity index (χ1v) is 8.80. The second kappa shape index (κ2) is 6.13. The molecule has 4 atom stereocenters. The lowest BCUT2D eigenvalue weighted by molar-refractivity contribution is -0.140. The van der Waals surface area contributed by atoms with Crippen molar-refractivity contribution in [3.8, 4) is 5.88 Å². The molecule has 0 radical (unpaired) electrons. The maximum atomic E-state index is 12.6. The van der Waals surface area contributed by atoms with Crippen LogP contribution in [0.25, 0.3) is 0 Å². The third-order valence-electron chi connectivity index (χ3n) is 5.17. The molecule has 4 unspecified atom stereocenters. The monoisotopic (exact) mass is 342 g/mol. The molecule has 7 nitrogen and oxygen atoms in total. The van der Waals surface area contributed by atoms with E-state index in [2.05, 4.69) is 27.4 Å². The number of likely N-dealkylation sites (tertiary alicyclic amines) is 1. The third-order valence-corrected chi connectivity index (χ3v) is 5.17. The van der Waals surface area contributed by atoms with Crippen LogP contribution in [0.15, 0.2) is 24.5 Å². The number of hydrogen-bond acceptors (Lipinski definition) is 6. The number of hydrogen-bond donors (Lipinski definition) is 1. The van der Waals surface area contributed by atoms with E-state index in [0.29, 0.717) is 24.8 Å². The molecule has 4 rings (SSSR count). The van der Waals surface area contributed by atoms with Crippen LogP contribution in [-0.4, -0.2) is 45.9 Å². The summed E-state index contributed by atoms with van der Waals surface area (Å²) < 4.78 is 5.51. The predicted molar refractivity (Wildman–Crippen MR) is 90.7 cm³/mol. The van der Waals surface area contributed by atoms with E-state index >= 15 is 0 Å². The number of anilines is 1. The number of nitrogens with one attached hydrogen (secondary N) is 1. The molecule has 2 bridgehead atoms. The van der Waals surface area contributed by atoms with Crippen molar-refractivity contribution in [2.24, 2.45) is 23.7 Å². The summed E-state index contributed by atoms with van der Waals surface area (Å²) >= 11 is 0. The summed E-state index contributed by atoms with van der Waals surface area (Å²) in [5.74, 6) is 1.22. The van der Waals surface area contributed by atoms with Crippen molar-refractivity contribution in [3.63, 3.8) is 0 Å². The zero-order valence-corrected chi connectivity index (χ0v) is 14.4. The molecule has 2 amide bonds. The maximum absolute atomic E-state index is 12.6. The van der Waals surface area contributed by atoms with Gasteiger partial charge < -0.3 is 10.1 Å². The minimum absolute atomic E-state index is 0.0170. The SMILES string of the molecule is CC(C)Oc1cncc(NCCN2C(=O)C3C4C=CC(C4)C3C2=O)n1. The minimum atomic E-state index is -0.134. The Morgan fingerprint density at radius 2 is 1.88 bits per heavy atom. The van der Waals surface area contributed by atoms with Crippen molar-refractivity contribution < 1.29 is 14.3 Å². The van der Waals surface area contributed by atoms with Crippen LogP contribution in [0.4, 0.5) is 5.82 Å². The van der Waals surface area contributed by atoms with E-state index < -0.39 is 0 Å². The Morgan fingerprint density at radius 3 is 2.52 bits per heavy atom. The van der Waals surface area contributed by atoms with Gasteiger partial charge in [0, 0.05) is 13.1 Å². The topological polar surface area (TPSA) is 84.4 Å². The van der Waals surface area contributed by atoms with Crippen molar-refractivity contribution in [3.05, 3.63) is 24.5 Å². The molecule has 1 N–H and O–H groups in total. The van der Waals surface area contributed by atoms with Gasteiger partial charge in [-0.25, -0.2) is 0 Å². The molecule has 2 fully saturated rings. The number of amides is 2. The summed E-state index contributed by atoms with van der Waals surface area (Å²) in [6, 6.07) is 0. The lowest BCUT2D eigenvalue weighted by Crippen LogP contribution is -2.36. The number of allylic oxidation sites excluding steroid dienone is 2. The smallest absolute Gasteiger partial charge is 0.234 e. The standard InChI is InChI=1S/C18H22N4O3/c1-10(2)25-14-9-19-8-13(21-14)20-5-6-22-17(23)15-11-3-4-12(7-11)16(15)18(22)24/h3-4,8-12,15-16H,5-7H2,1-2H3,(H,20,21). The second-order valence-electron chi connectivity index (χ2n) is 7.16. The molecule has 2 aliphatic carbocycles. The first-order chi connectivity index (χ1) is 12.0. The third kappa shape index (κ3) is 2.77. The summed E-state index contributed by atoms with van der Waals surface area (Å²) in [6.45, 7) is 4.64. The molecule has 1 aromatic rings. The van der Waals surface area contributed by atoms with Crippen LogP contribution < -0.4 is 10.1 Å². The zero-order chi connectivity index (χ0) is 17.6. The molecule has 1 aromatic heterocycles. The van der Waals surface area contributed by atoms with Crippen molar-refractivity contribution in [2.75, 3.05) is 18.4 Å². The van der Waals surface area contributed by atoms with Gasteiger partial charge in [0.2, 0.25) is 17.7 Å². The van der Waals surface area contributed by atoms with Crippen LogP contribution in [0.1, 0.15) is 20.3 Å². The Bertz CT molecular complexity index is 703. The molecular weight excluding hydrogens is 320 g/mol. The highest BCUT2D eigenvalue weighted by Crippen LogP contribution is 2.52. The van der Waals surface area contributed by atoms with Crippen molar-refractivity contribution in [1.29, 1.82) is 0 Å². The maximum Gasteiger partial charge on any atom is 0.234 e. The number of imide groups is 1. The normalized spacial score (nSPS) is 29.6. The van der Waals surface area contributed by atoms with E-state index in [1.54, 1.807) is 12.4 Å². The van der Waals surface area contributed by atoms with Gasteiger partial charge in [-0.05, 0) is 32.1 Å². The summed E-state index contributed by atoms with van der Waals surface area (Å²) in [7, 11) is 0. The van der Waals surface area contributed by atoms with E-state index in [4.69, 9.17) is 4.74 Å². The van der Waals surface area contributed by atoms with Crippen LogP contribution in [-0.2, 0) is 9.59 Å². The van der Waals surface area contributed by atoms with E-state index in [0.717, 1.165) is 6.42 Å². The summed E-state index contributed by atoms with van der Waals surface area (Å²) in [5, 5.41) is 3.11. The molecule has 1 saturated carbocycles. The van der Waals surface area contributed by atoms with Gasteiger partial charge in [-0.15, -0.1) is 0 Å². The molecule has 1 saturated heterocycles. The van der Waals surface area contributed by atoms with Crippen LogP contribution in [0.5, 0.6) is 5.88 Å². The fraction of sp³-hybridized carbons (Fsp3) is 0.556. The lowest BCUT2D eigenvalue weighted by Gasteiger charge is -2.17. The molecule has 0 spiro atoms. The van der Waals surface area contributed by atoms with Gasteiger partial charge in [-0.2, -0.15) is 4.98 Å². The zero-order valence-electron chi connectivity index (χ0n) is 14.4. The highest BCUT2D eigenvalue weighted by molar-refractivity contribution is 6.06. The number of carbonyl (C=O) groups is 2. The Hall–Kier alpha value is -2.44. The molecular formula is C18H22N4O3. The summed E-state index contributed by atoms with van der Waals surface area (Å²) in [5.41, 5.74) is 0. The van der Waals surface area contributed by atoms with Crippen LogP contribution >= 0.6 is 0 Å². The molecule has 132 valence electrons. The average molecular weight is 342 g/mol. The number of carbonyl (C=O) groups excluding carboxylic acids is 2. The van der Waals surface area contributed by atoms with E-state index in [-0.39, 0.29) is 41.6 Å². The van der Waals surface area contributed by atoms with Crippen molar-refractivity contribution in [2.45, 2.75) is 26.4 Å². The fourth-order valence-electron chi connectivity index (χ4n) is 4.21. The quantitative estimate of drug-likeness (QED) is 0.623. The Balaban J connectivity index is 1.35. The van der Waals surface area contributed by atoms with Gasteiger partial charge in [-0.1, -0.05) is 12.2 Å². The van der Waals surface area contributed by atoms with E-state index in [1.807, 2.05) is 13.8 Å². The first kappa shape index (κ1) is 16.1. The van der Waals surface area contributed by atoms with Gasteiger partial charge in [0.15, 0.2) is 0 Å². The predicted octanol–water partition coefficient (Wildman–Crippen LogP) is 1.48. The molecule has 1 aliphatic heterocycles. The Kier molecular flexibility index (Phi) is 3.94. The van der Waals surface area contributed by atoms with E-state index in [9.17, 15) is 9.59 Å². The molecule has 0 aromatic carbocycles. The highest BCUT2D eigenvalue weighted by atomic mass is 16.5. The molecule has 7 heteroatoms. The van der Waals surface area contributed by atoms with Crippen molar-refractivity contribution >= 4 is 17.6 Å². The lowest BCUT2D eigenvalue weighted by atomic mass is 9.85. The average Bonchev–Trinajstić information content (AvgIpc) is 3.24.